The summed E-state index contributed by atoms with van der Waals surface area (Å²) in [6, 6.07) is 0. The van der Waals surface area contributed by atoms with Crippen LogP contribution in [0.4, 0.5) is 0 Å². The minimum absolute atomic E-state index is 0.0162. The van der Waals surface area contributed by atoms with Gasteiger partial charge >= 0.3 is 0 Å². The molecule has 1 amide bonds. The fourth-order valence-electron chi connectivity index (χ4n) is 1.20. The van der Waals surface area contributed by atoms with Crippen molar-refractivity contribution in [2.24, 2.45) is 5.73 Å². The lowest BCUT2D eigenvalue weighted by molar-refractivity contribution is -0.127. The van der Waals surface area contributed by atoms with Gasteiger partial charge in [-0.2, -0.15) is 0 Å². The van der Waals surface area contributed by atoms with Gasteiger partial charge in [-0.1, -0.05) is 11.8 Å². The maximum Gasteiger partial charge on any atom is 0.233 e. The first-order chi connectivity index (χ1) is 5.70. The molecule has 3 N–H and O–H groups in total. The summed E-state index contributed by atoms with van der Waals surface area (Å²) >= 11 is 1.10. The minimum atomic E-state index is 0.0162. The first-order valence-corrected chi connectivity index (χ1v) is 4.93. The van der Waals surface area contributed by atoms with E-state index < -0.39 is 0 Å². The molecule has 0 bridgehead atoms. The Bertz CT molecular complexity index is 189. The molecule has 1 fully saturated rings. The summed E-state index contributed by atoms with van der Waals surface area (Å²) < 4.78 is 0. The SMILES string of the molecule is N=C(N)SCC(=O)N1CCCC1. The molecule has 4 nitrogen and oxygen atoms in total. The summed E-state index contributed by atoms with van der Waals surface area (Å²) in [5, 5.41) is 6.94. The molecule has 0 atom stereocenters. The van der Waals surface area contributed by atoms with Crippen LogP contribution in [0.2, 0.25) is 0 Å². The van der Waals surface area contributed by atoms with Gasteiger partial charge in [0, 0.05) is 13.1 Å². The van der Waals surface area contributed by atoms with Crippen molar-refractivity contribution < 1.29 is 4.79 Å². The van der Waals surface area contributed by atoms with Gasteiger partial charge in [-0.25, -0.2) is 0 Å². The number of carbonyl (C=O) groups excluding carboxylic acids is 1. The van der Waals surface area contributed by atoms with Gasteiger partial charge in [0.05, 0.1) is 5.75 Å². The van der Waals surface area contributed by atoms with E-state index in [1.165, 1.54) is 0 Å². The summed E-state index contributed by atoms with van der Waals surface area (Å²) in [7, 11) is 0. The standard InChI is InChI=1S/C7H13N3OS/c8-7(9)12-5-6(11)10-3-1-2-4-10/h1-5H2,(H3,8,9). The van der Waals surface area contributed by atoms with E-state index in [-0.39, 0.29) is 11.1 Å². The Morgan fingerprint density at radius 2 is 2.08 bits per heavy atom. The van der Waals surface area contributed by atoms with Crippen LogP contribution in [0.3, 0.4) is 0 Å². The van der Waals surface area contributed by atoms with Crippen molar-refractivity contribution in [2.75, 3.05) is 18.8 Å². The number of amides is 1. The van der Waals surface area contributed by atoms with E-state index in [1.807, 2.05) is 4.90 Å². The van der Waals surface area contributed by atoms with Crippen LogP contribution >= 0.6 is 11.8 Å². The molecule has 0 aromatic rings. The third-order valence-corrected chi connectivity index (χ3v) is 2.51. The quantitative estimate of drug-likeness (QED) is 0.480. The minimum Gasteiger partial charge on any atom is -0.379 e. The highest BCUT2D eigenvalue weighted by molar-refractivity contribution is 8.14. The first-order valence-electron chi connectivity index (χ1n) is 3.95. The van der Waals surface area contributed by atoms with Crippen molar-refractivity contribution in [3.8, 4) is 0 Å². The molecule has 68 valence electrons. The molecule has 0 aromatic carbocycles. The number of hydrogen-bond donors (Lipinski definition) is 2. The number of thioether (sulfide) groups is 1. The molecule has 1 aliphatic rings. The normalized spacial score (nSPS) is 16.5. The molecule has 0 spiro atoms. The number of nitrogens with two attached hydrogens (primary N) is 1. The van der Waals surface area contributed by atoms with Gasteiger partial charge in [-0.05, 0) is 12.8 Å². The van der Waals surface area contributed by atoms with Crippen molar-refractivity contribution >= 4 is 22.8 Å². The molecular weight excluding hydrogens is 174 g/mol. The zero-order valence-corrected chi connectivity index (χ0v) is 7.69. The third kappa shape index (κ3) is 2.73. The average Bonchev–Trinajstić information content (AvgIpc) is 2.51. The second kappa shape index (κ2) is 4.35. The number of carbonyl (C=O) groups is 1. The lowest BCUT2D eigenvalue weighted by atomic mass is 10.4. The van der Waals surface area contributed by atoms with Crippen LogP contribution in [0.25, 0.3) is 0 Å². The fourth-order valence-corrected chi connectivity index (χ4v) is 1.66. The molecule has 1 rings (SSSR count). The van der Waals surface area contributed by atoms with E-state index in [0.29, 0.717) is 5.75 Å². The summed E-state index contributed by atoms with van der Waals surface area (Å²) in [6.07, 6.45) is 2.22. The highest BCUT2D eigenvalue weighted by atomic mass is 32.2. The molecule has 0 aromatic heterocycles. The van der Waals surface area contributed by atoms with E-state index in [4.69, 9.17) is 11.1 Å². The lowest BCUT2D eigenvalue weighted by Crippen LogP contribution is -2.29. The van der Waals surface area contributed by atoms with Crippen molar-refractivity contribution in [2.45, 2.75) is 12.8 Å². The smallest absolute Gasteiger partial charge is 0.233 e. The van der Waals surface area contributed by atoms with Crippen LogP contribution in [0.15, 0.2) is 0 Å². The van der Waals surface area contributed by atoms with Crippen LogP contribution in [0.1, 0.15) is 12.8 Å². The first kappa shape index (κ1) is 9.38. The molecule has 1 aliphatic heterocycles. The van der Waals surface area contributed by atoms with Crippen molar-refractivity contribution in [3.63, 3.8) is 0 Å². The number of nitrogens with zero attached hydrogens (tertiary/aromatic N) is 1. The summed E-state index contributed by atoms with van der Waals surface area (Å²) in [4.78, 5) is 13.1. The number of amidine groups is 1. The maximum absolute atomic E-state index is 11.3. The fraction of sp³-hybridized carbons (Fsp3) is 0.714. The topological polar surface area (TPSA) is 70.2 Å². The monoisotopic (exact) mass is 187 g/mol. The van der Waals surface area contributed by atoms with Gasteiger partial charge in [0.2, 0.25) is 5.91 Å². The zero-order valence-electron chi connectivity index (χ0n) is 6.88. The molecule has 12 heavy (non-hydrogen) atoms. The van der Waals surface area contributed by atoms with Crippen LogP contribution in [-0.4, -0.2) is 34.8 Å². The molecule has 1 saturated heterocycles. The van der Waals surface area contributed by atoms with Crippen LogP contribution in [0.5, 0.6) is 0 Å². The Morgan fingerprint density at radius 1 is 1.50 bits per heavy atom. The van der Waals surface area contributed by atoms with Gasteiger partial charge in [0.25, 0.3) is 0 Å². The van der Waals surface area contributed by atoms with Crippen LogP contribution in [-0.2, 0) is 4.79 Å². The van der Waals surface area contributed by atoms with Gasteiger partial charge in [0.1, 0.15) is 0 Å². The van der Waals surface area contributed by atoms with Crippen molar-refractivity contribution in [1.82, 2.24) is 4.90 Å². The lowest BCUT2D eigenvalue weighted by Gasteiger charge is -2.13. The van der Waals surface area contributed by atoms with Crippen molar-refractivity contribution in [1.29, 1.82) is 5.41 Å². The van der Waals surface area contributed by atoms with E-state index in [2.05, 4.69) is 0 Å². The van der Waals surface area contributed by atoms with Gasteiger partial charge < -0.3 is 10.6 Å². The Morgan fingerprint density at radius 3 is 2.58 bits per heavy atom. The molecule has 1 heterocycles. The summed E-state index contributed by atoms with van der Waals surface area (Å²) in [5.41, 5.74) is 5.11. The molecule has 0 radical (unpaired) electrons. The predicted molar refractivity (Wildman–Crippen MR) is 50.2 cm³/mol. The molecule has 5 heteroatoms. The highest BCUT2D eigenvalue weighted by Gasteiger charge is 2.17. The van der Waals surface area contributed by atoms with E-state index in [0.717, 1.165) is 37.7 Å². The zero-order chi connectivity index (χ0) is 8.97. The second-order valence-electron chi connectivity index (χ2n) is 2.74. The Kier molecular flexibility index (Phi) is 3.40. The number of rotatable bonds is 2. The van der Waals surface area contributed by atoms with E-state index in [9.17, 15) is 4.79 Å². The number of likely N-dealkylation sites (tertiary alicyclic amines) is 1. The largest absolute Gasteiger partial charge is 0.379 e. The summed E-state index contributed by atoms with van der Waals surface area (Å²) in [5.74, 6) is 0.419. The average molecular weight is 187 g/mol. The van der Waals surface area contributed by atoms with Gasteiger partial charge in [-0.15, -0.1) is 0 Å². The predicted octanol–water partition coefficient (Wildman–Crippen LogP) is 0.235. The molecular formula is C7H13N3OS. The number of hydrogen-bond acceptors (Lipinski definition) is 3. The Hall–Kier alpha value is -0.710. The molecule has 0 saturated carbocycles. The maximum atomic E-state index is 11.3. The Balaban J connectivity index is 2.23. The summed E-state index contributed by atoms with van der Waals surface area (Å²) in [6.45, 7) is 1.74. The van der Waals surface area contributed by atoms with Crippen molar-refractivity contribution in [3.05, 3.63) is 0 Å². The molecule has 0 unspecified atom stereocenters. The Labute approximate surface area is 76.0 Å². The second-order valence-corrected chi connectivity index (χ2v) is 3.76. The van der Waals surface area contributed by atoms with Crippen LogP contribution in [0, 0.1) is 5.41 Å². The van der Waals surface area contributed by atoms with E-state index in [1.54, 1.807) is 0 Å². The third-order valence-electron chi connectivity index (χ3n) is 1.81. The highest BCUT2D eigenvalue weighted by Crippen LogP contribution is 2.09. The molecule has 0 aliphatic carbocycles. The van der Waals surface area contributed by atoms with Gasteiger partial charge in [0.15, 0.2) is 5.17 Å². The van der Waals surface area contributed by atoms with Crippen LogP contribution < -0.4 is 5.73 Å². The van der Waals surface area contributed by atoms with E-state index >= 15 is 0 Å². The van der Waals surface area contributed by atoms with Gasteiger partial charge in [-0.3, -0.25) is 10.2 Å². The number of nitrogens with one attached hydrogen (secondary N) is 1.